The van der Waals surface area contributed by atoms with Crippen molar-refractivity contribution in [1.82, 2.24) is 9.38 Å². The average molecular weight is 268 g/mol. The zero-order valence-electron chi connectivity index (χ0n) is 9.66. The number of rotatable bonds is 5. The van der Waals surface area contributed by atoms with E-state index < -0.39 is 11.9 Å². The molecule has 8 heteroatoms. The van der Waals surface area contributed by atoms with E-state index in [4.69, 9.17) is 5.73 Å². The van der Waals surface area contributed by atoms with Crippen LogP contribution < -0.4 is 10.6 Å². The normalized spacial score (nSPS) is 10.7. The van der Waals surface area contributed by atoms with Crippen molar-refractivity contribution in [2.75, 3.05) is 18.0 Å². The molecule has 2 rings (SSSR count). The fourth-order valence-corrected chi connectivity index (χ4v) is 2.43. The Labute approximate surface area is 106 Å². The van der Waals surface area contributed by atoms with Gasteiger partial charge >= 0.3 is 5.97 Å². The third-order valence-corrected chi connectivity index (χ3v) is 3.23. The van der Waals surface area contributed by atoms with E-state index in [0.717, 1.165) is 0 Å². The van der Waals surface area contributed by atoms with Gasteiger partial charge in [-0.15, -0.1) is 11.3 Å². The largest absolute Gasteiger partial charge is 0.476 e. The Kier molecular flexibility index (Phi) is 3.19. The van der Waals surface area contributed by atoms with Crippen LogP contribution in [0.5, 0.6) is 0 Å². The van der Waals surface area contributed by atoms with Crippen molar-refractivity contribution in [3.8, 4) is 0 Å². The number of imidazole rings is 1. The molecule has 0 aliphatic heterocycles. The molecular weight excluding hydrogens is 256 g/mol. The van der Waals surface area contributed by atoms with Crippen LogP contribution in [0.2, 0.25) is 0 Å². The number of hydrogen-bond acceptors (Lipinski definition) is 5. The highest BCUT2D eigenvalue weighted by molar-refractivity contribution is 7.15. The molecular formula is C10H12N4O3S. The Morgan fingerprint density at radius 1 is 1.61 bits per heavy atom. The van der Waals surface area contributed by atoms with Gasteiger partial charge in [-0.25, -0.2) is 9.78 Å². The maximum atomic E-state index is 11.3. The van der Waals surface area contributed by atoms with Crippen LogP contribution in [0.4, 0.5) is 5.82 Å². The van der Waals surface area contributed by atoms with Crippen LogP contribution in [0, 0.1) is 0 Å². The summed E-state index contributed by atoms with van der Waals surface area (Å²) >= 11 is 1.33. The lowest BCUT2D eigenvalue weighted by Crippen LogP contribution is -2.34. The summed E-state index contributed by atoms with van der Waals surface area (Å²) in [5, 5.41) is 11.0. The van der Waals surface area contributed by atoms with Crippen LogP contribution in [-0.4, -0.2) is 39.5 Å². The first-order chi connectivity index (χ1) is 8.54. The number of thiazole rings is 1. The number of carbonyl (C=O) groups excluding carboxylic acids is 1. The molecule has 0 aromatic carbocycles. The maximum Gasteiger partial charge on any atom is 0.356 e. The van der Waals surface area contributed by atoms with Crippen molar-refractivity contribution >= 4 is 34.0 Å². The molecule has 0 saturated carbocycles. The maximum absolute atomic E-state index is 11.3. The van der Waals surface area contributed by atoms with Crippen LogP contribution in [0.3, 0.4) is 0 Å². The standard InChI is InChI=1S/C10H12N4O3S/c1-2-13(5-6(11)15)8-7(9(16)17)14-3-4-18-10(14)12-8/h3-4H,2,5H2,1H3,(H2,11,15)(H,16,17). The second kappa shape index (κ2) is 4.65. The monoisotopic (exact) mass is 268 g/mol. The van der Waals surface area contributed by atoms with Gasteiger partial charge in [0.1, 0.15) is 0 Å². The molecule has 2 aromatic rings. The molecule has 1 amide bonds. The fourth-order valence-electron chi connectivity index (χ4n) is 1.72. The number of aromatic nitrogens is 2. The topological polar surface area (TPSA) is 101 Å². The van der Waals surface area contributed by atoms with Crippen molar-refractivity contribution in [3.63, 3.8) is 0 Å². The Morgan fingerprint density at radius 2 is 2.33 bits per heavy atom. The summed E-state index contributed by atoms with van der Waals surface area (Å²) in [6.07, 6.45) is 1.64. The number of hydrogen-bond donors (Lipinski definition) is 2. The lowest BCUT2D eigenvalue weighted by atomic mass is 10.3. The van der Waals surface area contributed by atoms with Crippen molar-refractivity contribution in [3.05, 3.63) is 17.3 Å². The third-order valence-electron chi connectivity index (χ3n) is 2.47. The lowest BCUT2D eigenvalue weighted by Gasteiger charge is -2.18. The van der Waals surface area contributed by atoms with Crippen LogP contribution in [0.15, 0.2) is 11.6 Å². The summed E-state index contributed by atoms with van der Waals surface area (Å²) in [5.74, 6) is -1.33. The average Bonchev–Trinajstić information content (AvgIpc) is 2.83. The smallest absolute Gasteiger partial charge is 0.356 e. The second-order valence-electron chi connectivity index (χ2n) is 3.63. The molecule has 3 N–H and O–H groups in total. The van der Waals surface area contributed by atoms with Crippen LogP contribution in [0.1, 0.15) is 17.4 Å². The van der Waals surface area contributed by atoms with Gasteiger partial charge in [-0.2, -0.15) is 0 Å². The van der Waals surface area contributed by atoms with Crippen LogP contribution in [0.25, 0.3) is 4.96 Å². The first kappa shape index (κ1) is 12.4. The van der Waals surface area contributed by atoms with Crippen molar-refractivity contribution in [2.24, 2.45) is 5.73 Å². The van der Waals surface area contributed by atoms with Gasteiger partial charge in [0.2, 0.25) is 5.91 Å². The van der Waals surface area contributed by atoms with Gasteiger partial charge < -0.3 is 15.7 Å². The highest BCUT2D eigenvalue weighted by atomic mass is 32.1. The molecule has 0 unspecified atom stereocenters. The van der Waals surface area contributed by atoms with E-state index in [9.17, 15) is 14.7 Å². The van der Waals surface area contributed by atoms with Crippen LogP contribution in [-0.2, 0) is 4.79 Å². The first-order valence-corrected chi connectivity index (χ1v) is 6.14. The summed E-state index contributed by atoms with van der Waals surface area (Å²) in [4.78, 5) is 28.6. The van der Waals surface area contributed by atoms with Gasteiger partial charge in [0.05, 0.1) is 6.54 Å². The van der Waals surface area contributed by atoms with Gasteiger partial charge in [-0.05, 0) is 6.92 Å². The Bertz CT molecular complexity index is 603. The minimum Gasteiger partial charge on any atom is -0.476 e. The van der Waals surface area contributed by atoms with Gasteiger partial charge in [0, 0.05) is 18.1 Å². The van der Waals surface area contributed by atoms with E-state index in [0.29, 0.717) is 11.5 Å². The molecule has 0 atom stereocenters. The molecule has 0 spiro atoms. The van der Waals surface area contributed by atoms with E-state index in [1.54, 1.807) is 16.5 Å². The number of carbonyl (C=O) groups is 2. The van der Waals surface area contributed by atoms with Crippen molar-refractivity contribution < 1.29 is 14.7 Å². The number of nitrogens with two attached hydrogens (primary N) is 1. The highest BCUT2D eigenvalue weighted by Gasteiger charge is 2.23. The van der Waals surface area contributed by atoms with Crippen LogP contribution >= 0.6 is 11.3 Å². The number of fused-ring (bicyclic) bond motifs is 1. The van der Waals surface area contributed by atoms with Gasteiger partial charge in [0.15, 0.2) is 16.5 Å². The molecule has 0 bridgehead atoms. The minimum atomic E-state index is -1.08. The van der Waals surface area contributed by atoms with E-state index in [1.807, 2.05) is 6.92 Å². The molecule has 18 heavy (non-hydrogen) atoms. The first-order valence-electron chi connectivity index (χ1n) is 5.26. The summed E-state index contributed by atoms with van der Waals surface area (Å²) in [6, 6.07) is 0. The fraction of sp³-hybridized carbons (Fsp3) is 0.300. The van der Waals surface area contributed by atoms with Gasteiger partial charge in [-0.1, -0.05) is 0 Å². The van der Waals surface area contributed by atoms with Gasteiger partial charge in [0.25, 0.3) is 0 Å². The van der Waals surface area contributed by atoms with E-state index in [1.165, 1.54) is 15.7 Å². The molecule has 0 aliphatic rings. The van der Waals surface area contributed by atoms with Crippen molar-refractivity contribution in [2.45, 2.75) is 6.92 Å². The molecule has 2 heterocycles. The Hall–Kier alpha value is -2.09. The second-order valence-corrected chi connectivity index (χ2v) is 4.50. The molecule has 7 nitrogen and oxygen atoms in total. The predicted molar refractivity (Wildman–Crippen MR) is 67.1 cm³/mol. The van der Waals surface area contributed by atoms with Crippen molar-refractivity contribution in [1.29, 1.82) is 0 Å². The molecule has 2 aromatic heterocycles. The number of anilines is 1. The molecule has 0 radical (unpaired) electrons. The van der Waals surface area contributed by atoms with E-state index in [2.05, 4.69) is 4.98 Å². The number of primary amides is 1. The summed E-state index contributed by atoms with van der Waals surface area (Å²) in [5.41, 5.74) is 5.19. The number of amides is 1. The number of carboxylic acid groups (broad SMARTS) is 1. The Balaban J connectivity index is 2.54. The summed E-state index contributed by atoms with van der Waals surface area (Å²) < 4.78 is 1.49. The zero-order chi connectivity index (χ0) is 13.3. The van der Waals surface area contributed by atoms with Gasteiger partial charge in [-0.3, -0.25) is 9.20 Å². The minimum absolute atomic E-state index is 0.0503. The summed E-state index contributed by atoms with van der Waals surface area (Å²) in [6.45, 7) is 2.21. The number of likely N-dealkylation sites (N-methyl/N-ethyl adjacent to an activating group) is 1. The summed E-state index contributed by atoms with van der Waals surface area (Å²) in [7, 11) is 0. The lowest BCUT2D eigenvalue weighted by molar-refractivity contribution is -0.116. The molecule has 0 saturated heterocycles. The molecule has 0 fully saturated rings. The van der Waals surface area contributed by atoms with E-state index in [-0.39, 0.29) is 18.1 Å². The Morgan fingerprint density at radius 3 is 2.89 bits per heavy atom. The third kappa shape index (κ3) is 2.02. The predicted octanol–water partition coefficient (Wildman–Crippen LogP) is 0.406. The number of carboxylic acids is 1. The SMILES string of the molecule is CCN(CC(N)=O)c1nc2sccn2c1C(=O)O. The van der Waals surface area contributed by atoms with E-state index >= 15 is 0 Å². The zero-order valence-corrected chi connectivity index (χ0v) is 10.5. The number of aromatic carboxylic acids is 1. The molecule has 0 aliphatic carbocycles. The molecule has 96 valence electrons. The number of nitrogens with zero attached hydrogens (tertiary/aromatic N) is 3. The highest BCUT2D eigenvalue weighted by Crippen LogP contribution is 2.24. The quantitative estimate of drug-likeness (QED) is 0.817.